The lowest BCUT2D eigenvalue weighted by molar-refractivity contribution is -0.112. The molecule has 32 heavy (non-hydrogen) atoms. The molecule has 9 heteroatoms. The van der Waals surface area contributed by atoms with Gasteiger partial charge in [0.25, 0.3) is 11.8 Å². The first kappa shape index (κ1) is 24.3. The predicted octanol–water partition coefficient (Wildman–Crippen LogP) is 2.97. The maximum atomic E-state index is 12.7. The number of carbonyl (C=O) groups is 2. The standard InChI is InChI=1S/C23H34N6O2S/c1-15(2)29(16(3)4)12-11-25-22(31)19-14-32-23(27-19)28-21(30)17-7-5-8-18(13-17)26-20-9-6-10-24-20/h5,7,13-16,20,24H,6,8-12H2,1-4H3,(H,25,31)(H,27,28,30). The zero-order chi connectivity index (χ0) is 23.1. The number of rotatable bonds is 9. The third-order valence-electron chi connectivity index (χ3n) is 5.50. The summed E-state index contributed by atoms with van der Waals surface area (Å²) in [5.74, 6) is -0.483. The molecule has 2 amide bonds. The molecule has 1 atom stereocenters. The molecular formula is C23H34N6O2S. The maximum absolute atomic E-state index is 12.7. The molecule has 174 valence electrons. The summed E-state index contributed by atoms with van der Waals surface area (Å²) in [6.45, 7) is 10.9. The van der Waals surface area contributed by atoms with Gasteiger partial charge < -0.3 is 5.32 Å². The Balaban J connectivity index is 1.52. The van der Waals surface area contributed by atoms with E-state index in [2.05, 4.69) is 53.5 Å². The van der Waals surface area contributed by atoms with E-state index in [1.54, 1.807) is 11.5 Å². The van der Waals surface area contributed by atoms with Crippen molar-refractivity contribution in [1.82, 2.24) is 20.5 Å². The Labute approximate surface area is 194 Å². The largest absolute Gasteiger partial charge is 0.349 e. The monoisotopic (exact) mass is 458 g/mol. The second kappa shape index (κ2) is 11.5. The van der Waals surface area contributed by atoms with Gasteiger partial charge >= 0.3 is 0 Å². The molecule has 1 unspecified atom stereocenters. The van der Waals surface area contributed by atoms with Crippen molar-refractivity contribution in [3.8, 4) is 0 Å². The average Bonchev–Trinajstić information content (AvgIpc) is 3.43. The summed E-state index contributed by atoms with van der Waals surface area (Å²) in [6, 6.07) is 0.826. The van der Waals surface area contributed by atoms with Gasteiger partial charge in [0, 0.05) is 48.3 Å². The van der Waals surface area contributed by atoms with Crippen molar-refractivity contribution in [3.63, 3.8) is 0 Å². The molecule has 1 aromatic heterocycles. The van der Waals surface area contributed by atoms with Crippen LogP contribution in [-0.2, 0) is 4.79 Å². The van der Waals surface area contributed by atoms with E-state index in [1.807, 2.05) is 12.2 Å². The Morgan fingerprint density at radius 1 is 1.28 bits per heavy atom. The highest BCUT2D eigenvalue weighted by atomic mass is 32.1. The Kier molecular flexibility index (Phi) is 8.72. The number of anilines is 1. The molecule has 1 aliphatic carbocycles. The van der Waals surface area contributed by atoms with Crippen LogP contribution in [-0.4, -0.2) is 65.3 Å². The van der Waals surface area contributed by atoms with Crippen LogP contribution in [0.15, 0.2) is 34.2 Å². The van der Waals surface area contributed by atoms with Crippen molar-refractivity contribution >= 4 is 34.0 Å². The minimum Gasteiger partial charge on any atom is -0.349 e. The zero-order valence-corrected chi connectivity index (χ0v) is 20.2. The molecule has 0 bridgehead atoms. The van der Waals surface area contributed by atoms with Gasteiger partial charge in [0.05, 0.1) is 6.17 Å². The van der Waals surface area contributed by atoms with Crippen molar-refractivity contribution < 1.29 is 9.59 Å². The van der Waals surface area contributed by atoms with E-state index < -0.39 is 0 Å². The Morgan fingerprint density at radius 2 is 2.06 bits per heavy atom. The summed E-state index contributed by atoms with van der Waals surface area (Å²) >= 11 is 1.24. The van der Waals surface area contributed by atoms with Crippen molar-refractivity contribution in [2.75, 3.05) is 25.0 Å². The van der Waals surface area contributed by atoms with Gasteiger partial charge in [-0.2, -0.15) is 0 Å². The van der Waals surface area contributed by atoms with Crippen LogP contribution >= 0.6 is 11.3 Å². The molecule has 3 rings (SSSR count). The fourth-order valence-corrected chi connectivity index (χ4v) is 4.59. The molecule has 1 fully saturated rings. The highest BCUT2D eigenvalue weighted by Gasteiger charge is 2.18. The summed E-state index contributed by atoms with van der Waals surface area (Å²) < 4.78 is 0. The van der Waals surface area contributed by atoms with Gasteiger partial charge in [0.2, 0.25) is 0 Å². The molecule has 0 spiro atoms. The highest BCUT2D eigenvalue weighted by molar-refractivity contribution is 7.14. The normalized spacial score (nSPS) is 19.8. The van der Waals surface area contributed by atoms with Gasteiger partial charge in [-0.25, -0.2) is 4.98 Å². The molecular weight excluding hydrogens is 424 g/mol. The number of aromatic nitrogens is 1. The molecule has 0 radical (unpaired) electrons. The number of carbonyl (C=O) groups excluding carboxylic acids is 2. The second-order valence-corrected chi connectivity index (χ2v) is 9.47. The first-order chi connectivity index (χ1) is 15.3. The van der Waals surface area contributed by atoms with Gasteiger partial charge in [0.15, 0.2) is 5.13 Å². The van der Waals surface area contributed by atoms with E-state index in [9.17, 15) is 9.59 Å². The smallest absolute Gasteiger partial charge is 0.270 e. The van der Waals surface area contributed by atoms with Gasteiger partial charge in [-0.15, -0.1) is 11.3 Å². The SMILES string of the molecule is CC(C)N(CCNC(=O)c1csc(NC(=O)C2=CC(=NC3CCCN3)CC=C2)n1)C(C)C. The summed E-state index contributed by atoms with van der Waals surface area (Å²) in [5.41, 5.74) is 1.75. The number of aliphatic imine (C=N–C) groups is 1. The summed E-state index contributed by atoms with van der Waals surface area (Å²) in [7, 11) is 0. The first-order valence-corrected chi connectivity index (χ1v) is 12.2. The number of hydrogen-bond acceptors (Lipinski definition) is 7. The van der Waals surface area contributed by atoms with Crippen molar-refractivity contribution in [3.05, 3.63) is 34.9 Å². The van der Waals surface area contributed by atoms with Crippen molar-refractivity contribution in [2.24, 2.45) is 4.99 Å². The Morgan fingerprint density at radius 3 is 2.75 bits per heavy atom. The molecule has 2 aliphatic rings. The quantitative estimate of drug-likeness (QED) is 0.528. The number of amides is 2. The van der Waals surface area contributed by atoms with Crippen LogP contribution in [0.25, 0.3) is 0 Å². The van der Waals surface area contributed by atoms with Crippen LogP contribution in [0.5, 0.6) is 0 Å². The summed E-state index contributed by atoms with van der Waals surface area (Å²) in [5, 5.41) is 11.1. The van der Waals surface area contributed by atoms with Crippen LogP contribution < -0.4 is 16.0 Å². The van der Waals surface area contributed by atoms with Crippen LogP contribution in [0.3, 0.4) is 0 Å². The topological polar surface area (TPSA) is 98.7 Å². The molecule has 1 aromatic rings. The lowest BCUT2D eigenvalue weighted by atomic mass is 10.0. The minimum atomic E-state index is -0.251. The van der Waals surface area contributed by atoms with Crippen molar-refractivity contribution in [1.29, 1.82) is 0 Å². The third-order valence-corrected chi connectivity index (χ3v) is 6.26. The van der Waals surface area contributed by atoms with E-state index >= 15 is 0 Å². The van der Waals surface area contributed by atoms with Crippen LogP contribution in [0.2, 0.25) is 0 Å². The van der Waals surface area contributed by atoms with Gasteiger partial charge in [-0.05, 0) is 53.2 Å². The second-order valence-electron chi connectivity index (χ2n) is 8.61. The maximum Gasteiger partial charge on any atom is 0.270 e. The third kappa shape index (κ3) is 6.82. The predicted molar refractivity (Wildman–Crippen MR) is 130 cm³/mol. The Bertz CT molecular complexity index is 888. The van der Waals surface area contributed by atoms with Gasteiger partial charge in [-0.3, -0.25) is 30.1 Å². The fourth-order valence-electron chi connectivity index (χ4n) is 3.91. The molecule has 1 saturated heterocycles. The molecule has 3 N–H and O–H groups in total. The zero-order valence-electron chi connectivity index (χ0n) is 19.4. The minimum absolute atomic E-state index is 0.144. The Hall–Kier alpha value is -2.36. The first-order valence-electron chi connectivity index (χ1n) is 11.3. The van der Waals surface area contributed by atoms with E-state index in [1.165, 1.54) is 11.3 Å². The molecule has 8 nitrogen and oxygen atoms in total. The highest BCUT2D eigenvalue weighted by Crippen LogP contribution is 2.18. The lowest BCUT2D eigenvalue weighted by Crippen LogP contribution is -2.42. The average molecular weight is 459 g/mol. The van der Waals surface area contributed by atoms with E-state index in [-0.39, 0.29) is 18.0 Å². The van der Waals surface area contributed by atoms with Gasteiger partial charge in [0.1, 0.15) is 5.69 Å². The number of nitrogens with zero attached hydrogens (tertiary/aromatic N) is 3. The lowest BCUT2D eigenvalue weighted by Gasteiger charge is -2.30. The number of hydrogen-bond donors (Lipinski definition) is 3. The van der Waals surface area contributed by atoms with Gasteiger partial charge in [-0.1, -0.05) is 12.2 Å². The molecule has 2 heterocycles. The number of allylic oxidation sites excluding steroid dienone is 2. The molecule has 0 aromatic carbocycles. The fraction of sp³-hybridized carbons (Fsp3) is 0.565. The van der Waals surface area contributed by atoms with Crippen LogP contribution in [0.1, 0.15) is 57.4 Å². The van der Waals surface area contributed by atoms with E-state index in [4.69, 9.17) is 4.99 Å². The summed E-state index contributed by atoms with van der Waals surface area (Å²) in [4.78, 5) is 36.4. The van der Waals surface area contributed by atoms with Crippen LogP contribution in [0, 0.1) is 0 Å². The van der Waals surface area contributed by atoms with Crippen LogP contribution in [0.4, 0.5) is 5.13 Å². The number of nitrogens with one attached hydrogen (secondary N) is 3. The van der Waals surface area contributed by atoms with E-state index in [0.717, 1.165) is 38.1 Å². The van der Waals surface area contributed by atoms with E-state index in [0.29, 0.717) is 35.0 Å². The number of thiazole rings is 1. The molecule has 0 saturated carbocycles. The summed E-state index contributed by atoms with van der Waals surface area (Å²) in [6.07, 6.45) is 8.59. The van der Waals surface area contributed by atoms with Crippen molar-refractivity contribution in [2.45, 2.75) is 65.2 Å². The molecule has 1 aliphatic heterocycles.